The number of carbonyl (C=O) groups is 1. The minimum absolute atomic E-state index is 0.263. The van der Waals surface area contributed by atoms with Gasteiger partial charge in [-0.15, -0.1) is 10.2 Å². The molecule has 0 aliphatic heterocycles. The Balaban J connectivity index is 2.04. The van der Waals surface area contributed by atoms with Crippen LogP contribution in [0.15, 0.2) is 18.7 Å². The maximum atomic E-state index is 10.9. The first-order valence-corrected chi connectivity index (χ1v) is 4.76. The molecule has 0 spiro atoms. The van der Waals surface area contributed by atoms with Crippen LogP contribution in [0.1, 0.15) is 6.42 Å². The molecule has 2 heterocycles. The average Bonchev–Trinajstić information content (AvgIpc) is 2.77. The van der Waals surface area contributed by atoms with E-state index in [0.717, 1.165) is 0 Å². The summed E-state index contributed by atoms with van der Waals surface area (Å²) in [7, 11) is 1.36. The van der Waals surface area contributed by atoms with Crippen molar-refractivity contribution >= 4 is 17.4 Å². The number of nitrogens with zero attached hydrogens (tertiary/aromatic N) is 4. The lowest BCUT2D eigenvalue weighted by molar-refractivity contribution is -0.140. The second-order valence-corrected chi connectivity index (χ2v) is 3.09. The molecule has 0 bridgehead atoms. The zero-order valence-corrected chi connectivity index (χ0v) is 8.75. The highest BCUT2D eigenvalue weighted by Crippen LogP contribution is 2.09. The van der Waals surface area contributed by atoms with Gasteiger partial charge < -0.3 is 10.1 Å². The van der Waals surface area contributed by atoms with Crippen molar-refractivity contribution in [2.24, 2.45) is 0 Å². The Bertz CT molecular complexity index is 495. The molecule has 0 saturated carbocycles. The Kier molecular flexibility index (Phi) is 2.95. The van der Waals surface area contributed by atoms with E-state index in [4.69, 9.17) is 0 Å². The number of esters is 1. The van der Waals surface area contributed by atoms with Crippen LogP contribution >= 0.6 is 0 Å². The fourth-order valence-corrected chi connectivity index (χ4v) is 1.27. The SMILES string of the molecule is COC(=O)CCNc1nccn2cnnc12. The molecule has 7 heteroatoms. The zero-order chi connectivity index (χ0) is 11.4. The first-order valence-electron chi connectivity index (χ1n) is 4.76. The fourth-order valence-electron chi connectivity index (χ4n) is 1.27. The molecule has 1 N–H and O–H groups in total. The summed E-state index contributed by atoms with van der Waals surface area (Å²) in [6, 6.07) is 0. The first kappa shape index (κ1) is 10.3. The number of rotatable bonds is 4. The van der Waals surface area contributed by atoms with Gasteiger partial charge in [0.2, 0.25) is 5.65 Å². The molecule has 0 aliphatic carbocycles. The zero-order valence-electron chi connectivity index (χ0n) is 8.75. The predicted octanol–water partition coefficient (Wildman–Crippen LogP) is 0.0993. The van der Waals surface area contributed by atoms with Crippen LogP contribution in [0.4, 0.5) is 5.82 Å². The lowest BCUT2D eigenvalue weighted by Gasteiger charge is -2.04. The number of nitrogens with one attached hydrogen (secondary N) is 1. The van der Waals surface area contributed by atoms with Crippen molar-refractivity contribution in [2.75, 3.05) is 19.0 Å². The molecule has 2 aromatic heterocycles. The van der Waals surface area contributed by atoms with Gasteiger partial charge in [-0.25, -0.2) is 4.98 Å². The highest BCUT2D eigenvalue weighted by molar-refractivity contribution is 5.70. The van der Waals surface area contributed by atoms with Crippen molar-refractivity contribution in [3.63, 3.8) is 0 Å². The minimum Gasteiger partial charge on any atom is -0.469 e. The molecule has 0 atom stereocenters. The number of carbonyl (C=O) groups excluding carboxylic acids is 1. The maximum Gasteiger partial charge on any atom is 0.307 e. The minimum atomic E-state index is -0.263. The summed E-state index contributed by atoms with van der Waals surface area (Å²) < 4.78 is 6.27. The molecule has 0 unspecified atom stereocenters. The van der Waals surface area contributed by atoms with Crippen molar-refractivity contribution in [3.05, 3.63) is 18.7 Å². The fraction of sp³-hybridized carbons (Fsp3) is 0.333. The van der Waals surface area contributed by atoms with Gasteiger partial charge in [-0.1, -0.05) is 0 Å². The average molecular weight is 221 g/mol. The highest BCUT2D eigenvalue weighted by atomic mass is 16.5. The van der Waals surface area contributed by atoms with Crippen LogP contribution in [0.25, 0.3) is 5.65 Å². The van der Waals surface area contributed by atoms with Crippen molar-refractivity contribution in [2.45, 2.75) is 6.42 Å². The number of methoxy groups -OCH3 is 1. The van der Waals surface area contributed by atoms with E-state index in [-0.39, 0.29) is 12.4 Å². The Morgan fingerprint density at radius 3 is 3.31 bits per heavy atom. The van der Waals surface area contributed by atoms with E-state index in [9.17, 15) is 4.79 Å². The van der Waals surface area contributed by atoms with Crippen molar-refractivity contribution in [3.8, 4) is 0 Å². The van der Waals surface area contributed by atoms with Crippen molar-refractivity contribution < 1.29 is 9.53 Å². The standard InChI is InChI=1S/C9H11N5O2/c1-16-7(15)2-3-10-8-9-13-12-6-14(9)5-4-11-8/h4-6H,2-3H2,1H3,(H,10,11). The molecule has 0 amide bonds. The quantitative estimate of drug-likeness (QED) is 0.737. The van der Waals surface area contributed by atoms with Crippen molar-refractivity contribution in [1.82, 2.24) is 19.6 Å². The molecule has 0 radical (unpaired) electrons. The summed E-state index contributed by atoms with van der Waals surface area (Å²) in [5, 5.41) is 10.7. The highest BCUT2D eigenvalue weighted by Gasteiger charge is 2.05. The third-order valence-electron chi connectivity index (χ3n) is 2.07. The van der Waals surface area contributed by atoms with E-state index in [1.54, 1.807) is 23.1 Å². The molecule has 0 fully saturated rings. The molecule has 2 rings (SSSR count). The summed E-state index contributed by atoms with van der Waals surface area (Å²) in [5.74, 6) is 0.338. The van der Waals surface area contributed by atoms with Crippen molar-refractivity contribution in [1.29, 1.82) is 0 Å². The topological polar surface area (TPSA) is 81.4 Å². The van der Waals surface area contributed by atoms with Gasteiger partial charge in [0.25, 0.3) is 0 Å². The smallest absolute Gasteiger partial charge is 0.307 e. The van der Waals surface area contributed by atoms with E-state index in [0.29, 0.717) is 18.0 Å². The second kappa shape index (κ2) is 4.56. The number of hydrogen-bond acceptors (Lipinski definition) is 6. The van der Waals surface area contributed by atoms with Gasteiger partial charge in [-0.3, -0.25) is 9.20 Å². The van der Waals surface area contributed by atoms with Gasteiger partial charge in [0.05, 0.1) is 13.5 Å². The number of hydrogen-bond donors (Lipinski definition) is 1. The summed E-state index contributed by atoms with van der Waals surface area (Å²) in [6.07, 6.45) is 5.26. The van der Waals surface area contributed by atoms with E-state index in [1.165, 1.54) is 7.11 Å². The van der Waals surface area contributed by atoms with Crippen LogP contribution in [-0.4, -0.2) is 39.2 Å². The Labute approximate surface area is 91.5 Å². The van der Waals surface area contributed by atoms with E-state index in [2.05, 4.69) is 25.2 Å². The summed E-state index contributed by atoms with van der Waals surface area (Å²) >= 11 is 0. The number of ether oxygens (including phenoxy) is 1. The van der Waals surface area contributed by atoms with E-state index in [1.807, 2.05) is 0 Å². The molecule has 84 valence electrons. The molecule has 16 heavy (non-hydrogen) atoms. The first-order chi connectivity index (χ1) is 7.81. The van der Waals surface area contributed by atoms with Crippen LogP contribution in [0.5, 0.6) is 0 Å². The third-order valence-corrected chi connectivity index (χ3v) is 2.07. The Morgan fingerprint density at radius 1 is 1.62 bits per heavy atom. The third kappa shape index (κ3) is 2.08. The van der Waals surface area contributed by atoms with Gasteiger partial charge in [-0.05, 0) is 0 Å². The molecule has 0 aliphatic rings. The van der Waals surface area contributed by atoms with Gasteiger partial charge in [0.1, 0.15) is 6.33 Å². The summed E-state index contributed by atoms with van der Waals surface area (Å²) in [6.45, 7) is 0.451. The molecule has 0 saturated heterocycles. The number of anilines is 1. The summed E-state index contributed by atoms with van der Waals surface area (Å²) in [4.78, 5) is 15.0. The van der Waals surface area contributed by atoms with Crippen LogP contribution < -0.4 is 5.32 Å². The van der Waals surface area contributed by atoms with Crippen LogP contribution in [0, 0.1) is 0 Å². The Morgan fingerprint density at radius 2 is 2.50 bits per heavy atom. The van der Waals surface area contributed by atoms with E-state index >= 15 is 0 Å². The van der Waals surface area contributed by atoms with Gasteiger partial charge >= 0.3 is 5.97 Å². The largest absolute Gasteiger partial charge is 0.469 e. The molecule has 2 aromatic rings. The molecule has 7 nitrogen and oxygen atoms in total. The Hall–Kier alpha value is -2.18. The summed E-state index contributed by atoms with van der Waals surface area (Å²) in [5.41, 5.74) is 0.632. The lowest BCUT2D eigenvalue weighted by atomic mass is 10.4. The monoisotopic (exact) mass is 221 g/mol. The molecule has 0 aromatic carbocycles. The number of fused-ring (bicyclic) bond motifs is 1. The van der Waals surface area contributed by atoms with Gasteiger partial charge in [-0.2, -0.15) is 0 Å². The van der Waals surface area contributed by atoms with Gasteiger partial charge in [0.15, 0.2) is 5.82 Å². The van der Waals surface area contributed by atoms with Crippen LogP contribution in [-0.2, 0) is 9.53 Å². The maximum absolute atomic E-state index is 10.9. The lowest BCUT2D eigenvalue weighted by Crippen LogP contribution is -2.11. The van der Waals surface area contributed by atoms with Crippen LogP contribution in [0.2, 0.25) is 0 Å². The predicted molar refractivity (Wildman–Crippen MR) is 55.9 cm³/mol. The molecular weight excluding hydrogens is 210 g/mol. The van der Waals surface area contributed by atoms with E-state index < -0.39 is 0 Å². The van der Waals surface area contributed by atoms with Gasteiger partial charge in [0, 0.05) is 18.9 Å². The molecular formula is C9H11N5O2. The normalized spacial score (nSPS) is 10.3. The number of aromatic nitrogens is 4. The van der Waals surface area contributed by atoms with Crippen LogP contribution in [0.3, 0.4) is 0 Å². The second-order valence-electron chi connectivity index (χ2n) is 3.09.